The highest BCUT2D eigenvalue weighted by atomic mass is 28.4. The van der Waals surface area contributed by atoms with E-state index in [4.69, 9.17) is 8.85 Å². The Hall–Kier alpha value is -1.08. The number of carbonyl (C=O) groups excluding carboxylic acids is 1. The number of rotatable bonds is 5. The number of para-hydroxylation sites is 1. The lowest BCUT2D eigenvalue weighted by atomic mass is 9.83. The van der Waals surface area contributed by atoms with E-state index in [1.807, 2.05) is 0 Å². The van der Waals surface area contributed by atoms with Crippen molar-refractivity contribution in [3.8, 4) is 11.5 Å². The summed E-state index contributed by atoms with van der Waals surface area (Å²) in [4.78, 5) is 11.8. The van der Waals surface area contributed by atoms with E-state index in [1.54, 1.807) is 0 Å². The second-order valence-corrected chi connectivity index (χ2v) is 21.2. The molecule has 0 aliphatic heterocycles. The van der Waals surface area contributed by atoms with E-state index >= 15 is 0 Å². The Morgan fingerprint density at radius 3 is 1.79 bits per heavy atom. The standard InChI is InChI=1S/C24H42O3Si2/c1-23(2,3)28(7,8)26-21-13-11-12-20(18-14-16-19(25)17-15-18)22(21)27-29(9,10)24(4,5)6/h11-13,18H,14-17H2,1-10H3. The molecule has 0 aromatic heterocycles. The highest BCUT2D eigenvalue weighted by molar-refractivity contribution is 6.75. The minimum atomic E-state index is -2.04. The second kappa shape index (κ2) is 8.22. The monoisotopic (exact) mass is 434 g/mol. The van der Waals surface area contributed by atoms with Crippen molar-refractivity contribution >= 4 is 22.4 Å². The van der Waals surface area contributed by atoms with Gasteiger partial charge in [-0.25, -0.2) is 0 Å². The Kier molecular flexibility index (Phi) is 6.86. The first-order valence-electron chi connectivity index (χ1n) is 11.1. The first kappa shape index (κ1) is 24.2. The van der Waals surface area contributed by atoms with Crippen LogP contribution in [0, 0.1) is 0 Å². The van der Waals surface area contributed by atoms with Crippen LogP contribution in [-0.4, -0.2) is 22.4 Å². The van der Waals surface area contributed by atoms with E-state index < -0.39 is 16.6 Å². The number of hydrogen-bond acceptors (Lipinski definition) is 3. The summed E-state index contributed by atoms with van der Waals surface area (Å²) in [6.07, 6.45) is 3.18. The van der Waals surface area contributed by atoms with Crippen LogP contribution < -0.4 is 8.85 Å². The van der Waals surface area contributed by atoms with E-state index in [1.165, 1.54) is 5.56 Å². The zero-order valence-electron chi connectivity index (χ0n) is 20.4. The minimum absolute atomic E-state index is 0.108. The van der Waals surface area contributed by atoms with Gasteiger partial charge < -0.3 is 8.85 Å². The van der Waals surface area contributed by atoms with Crippen molar-refractivity contribution in [3.05, 3.63) is 23.8 Å². The fourth-order valence-electron chi connectivity index (χ4n) is 3.13. The van der Waals surface area contributed by atoms with Crippen LogP contribution in [0.4, 0.5) is 0 Å². The van der Waals surface area contributed by atoms with E-state index in [2.05, 4.69) is 85.9 Å². The average molecular weight is 435 g/mol. The molecule has 29 heavy (non-hydrogen) atoms. The van der Waals surface area contributed by atoms with Crippen LogP contribution in [0.3, 0.4) is 0 Å². The lowest BCUT2D eigenvalue weighted by molar-refractivity contribution is -0.120. The first-order valence-corrected chi connectivity index (χ1v) is 16.9. The van der Waals surface area contributed by atoms with Crippen LogP contribution in [0.5, 0.6) is 11.5 Å². The summed E-state index contributed by atoms with van der Waals surface area (Å²) >= 11 is 0. The van der Waals surface area contributed by atoms with Gasteiger partial charge in [0, 0.05) is 12.8 Å². The number of carbonyl (C=O) groups is 1. The molecular formula is C24H42O3Si2. The van der Waals surface area contributed by atoms with Crippen molar-refractivity contribution in [1.29, 1.82) is 0 Å². The van der Waals surface area contributed by atoms with Crippen LogP contribution in [0.1, 0.15) is 78.7 Å². The molecule has 0 saturated heterocycles. The largest absolute Gasteiger partial charge is 0.541 e. The average Bonchev–Trinajstić information content (AvgIpc) is 2.55. The van der Waals surface area contributed by atoms with E-state index in [9.17, 15) is 4.79 Å². The smallest absolute Gasteiger partial charge is 0.250 e. The van der Waals surface area contributed by atoms with Gasteiger partial charge in [0.15, 0.2) is 0 Å². The third-order valence-corrected chi connectivity index (χ3v) is 16.0. The van der Waals surface area contributed by atoms with Gasteiger partial charge in [0.25, 0.3) is 16.6 Å². The molecule has 0 heterocycles. The molecule has 164 valence electrons. The maximum Gasteiger partial charge on any atom is 0.250 e. The van der Waals surface area contributed by atoms with Crippen molar-refractivity contribution in [2.75, 3.05) is 0 Å². The van der Waals surface area contributed by atoms with Gasteiger partial charge in [-0.3, -0.25) is 4.79 Å². The number of hydrogen-bond donors (Lipinski definition) is 0. The fourth-order valence-corrected chi connectivity index (χ4v) is 5.18. The highest BCUT2D eigenvalue weighted by Crippen LogP contribution is 2.48. The molecule has 0 spiro atoms. The predicted molar refractivity (Wildman–Crippen MR) is 128 cm³/mol. The van der Waals surface area contributed by atoms with Gasteiger partial charge in [-0.2, -0.15) is 0 Å². The quantitative estimate of drug-likeness (QED) is 0.446. The third-order valence-electron chi connectivity index (χ3n) is 7.33. The van der Waals surface area contributed by atoms with Crippen LogP contribution in [-0.2, 0) is 4.79 Å². The summed E-state index contributed by atoms with van der Waals surface area (Å²) < 4.78 is 13.7. The van der Waals surface area contributed by atoms with Crippen molar-refractivity contribution in [1.82, 2.24) is 0 Å². The van der Waals surface area contributed by atoms with E-state index in [0.717, 1.165) is 24.3 Å². The topological polar surface area (TPSA) is 35.5 Å². The molecule has 0 N–H and O–H groups in total. The predicted octanol–water partition coefficient (Wildman–Crippen LogP) is 7.68. The Morgan fingerprint density at radius 2 is 1.31 bits per heavy atom. The zero-order valence-corrected chi connectivity index (χ0v) is 22.4. The molecule has 0 atom stereocenters. The number of benzene rings is 1. The maximum atomic E-state index is 11.8. The number of Topliss-reactive ketones (excluding diaryl/α,β-unsaturated/α-hetero) is 1. The lowest BCUT2D eigenvalue weighted by Gasteiger charge is -2.41. The Bertz CT molecular complexity index is 729. The summed E-state index contributed by atoms with van der Waals surface area (Å²) in [7, 11) is -4.04. The molecule has 1 fully saturated rings. The molecule has 0 amide bonds. The molecule has 1 aromatic rings. The second-order valence-electron chi connectivity index (χ2n) is 11.7. The molecule has 1 aromatic carbocycles. The molecule has 1 aliphatic carbocycles. The number of ketones is 1. The van der Waals surface area contributed by atoms with Gasteiger partial charge in [-0.15, -0.1) is 0 Å². The molecule has 3 nitrogen and oxygen atoms in total. The zero-order chi connectivity index (χ0) is 22.3. The molecule has 2 rings (SSSR count). The Labute approximate surface area is 180 Å². The Morgan fingerprint density at radius 1 is 0.828 bits per heavy atom. The fraction of sp³-hybridized carbons (Fsp3) is 0.708. The van der Waals surface area contributed by atoms with Crippen LogP contribution in [0.25, 0.3) is 0 Å². The Balaban J connectivity index is 2.53. The lowest BCUT2D eigenvalue weighted by Crippen LogP contribution is -2.46. The van der Waals surface area contributed by atoms with Gasteiger partial charge in [-0.05, 0) is 66.7 Å². The molecule has 0 unspecified atom stereocenters. The third kappa shape index (κ3) is 5.54. The molecular weight excluding hydrogens is 392 g/mol. The summed E-state index contributed by atoms with van der Waals surface area (Å²) in [5, 5.41) is 0.228. The van der Waals surface area contributed by atoms with Crippen molar-refractivity contribution < 1.29 is 13.6 Å². The van der Waals surface area contributed by atoms with Crippen LogP contribution in [0.15, 0.2) is 18.2 Å². The van der Waals surface area contributed by atoms with E-state index in [-0.39, 0.29) is 10.1 Å². The first-order chi connectivity index (χ1) is 13.1. The molecule has 1 aliphatic rings. The molecule has 1 saturated carbocycles. The van der Waals surface area contributed by atoms with Crippen LogP contribution in [0.2, 0.25) is 36.3 Å². The SMILES string of the molecule is CC(C)(C)[Si](C)(C)Oc1cccc(C2CCC(=O)CC2)c1O[Si](C)(C)C(C)(C)C. The summed E-state index contributed by atoms with van der Waals surface area (Å²) in [6.45, 7) is 22.8. The summed E-state index contributed by atoms with van der Waals surface area (Å²) in [6, 6.07) is 6.38. The van der Waals surface area contributed by atoms with Gasteiger partial charge in [0.2, 0.25) is 0 Å². The van der Waals surface area contributed by atoms with Gasteiger partial charge >= 0.3 is 0 Å². The summed E-state index contributed by atoms with van der Waals surface area (Å²) in [5.41, 5.74) is 1.23. The van der Waals surface area contributed by atoms with Gasteiger partial charge in [0.05, 0.1) is 0 Å². The minimum Gasteiger partial charge on any atom is -0.541 e. The van der Waals surface area contributed by atoms with Crippen molar-refractivity contribution in [2.45, 2.75) is 109 Å². The summed E-state index contributed by atoms with van der Waals surface area (Å²) in [5.74, 6) is 2.61. The van der Waals surface area contributed by atoms with Crippen molar-refractivity contribution in [3.63, 3.8) is 0 Å². The van der Waals surface area contributed by atoms with Crippen LogP contribution >= 0.6 is 0 Å². The molecule has 0 radical (unpaired) electrons. The van der Waals surface area contributed by atoms with E-state index in [0.29, 0.717) is 24.5 Å². The molecule has 5 heteroatoms. The van der Waals surface area contributed by atoms with Gasteiger partial charge in [-0.1, -0.05) is 53.7 Å². The van der Waals surface area contributed by atoms with Crippen molar-refractivity contribution in [2.24, 2.45) is 0 Å². The normalized spacial score (nSPS) is 17.4. The maximum absolute atomic E-state index is 11.8. The highest BCUT2D eigenvalue weighted by Gasteiger charge is 2.43. The van der Waals surface area contributed by atoms with Gasteiger partial charge in [0.1, 0.15) is 17.3 Å². The molecule has 0 bridgehead atoms.